The molecule has 0 saturated carbocycles. The van der Waals surface area contributed by atoms with Gasteiger partial charge in [-0.1, -0.05) is 36.4 Å². The minimum absolute atomic E-state index is 0.154. The van der Waals surface area contributed by atoms with Crippen molar-refractivity contribution in [3.8, 4) is 0 Å². The van der Waals surface area contributed by atoms with E-state index in [1.165, 1.54) is 29.7 Å². The Kier molecular flexibility index (Phi) is 5.30. The van der Waals surface area contributed by atoms with E-state index >= 15 is 0 Å². The number of hydrogen-bond donors (Lipinski definition) is 1. The number of rotatable bonds is 4. The third kappa shape index (κ3) is 3.35. The second-order valence-electron chi connectivity index (χ2n) is 7.69. The second kappa shape index (κ2) is 7.91. The number of hydrogen-bond acceptors (Lipinski definition) is 5. The number of halogens is 1. The van der Waals surface area contributed by atoms with Crippen LogP contribution in [-0.4, -0.2) is 42.5 Å². The van der Waals surface area contributed by atoms with Crippen molar-refractivity contribution in [2.24, 2.45) is 5.73 Å². The van der Waals surface area contributed by atoms with Crippen molar-refractivity contribution in [3.63, 3.8) is 0 Å². The largest absolute Gasteiger partial charge is 0.465 e. The van der Waals surface area contributed by atoms with Crippen molar-refractivity contribution < 1.29 is 18.7 Å². The summed E-state index contributed by atoms with van der Waals surface area (Å²) in [5.41, 5.74) is 7.20. The third-order valence-electron chi connectivity index (χ3n) is 6.00. The first-order chi connectivity index (χ1) is 14.5. The number of nitrogens with two attached hydrogens (primary N) is 1. The molecule has 0 aromatic heterocycles. The Bertz CT molecular complexity index is 998. The van der Waals surface area contributed by atoms with Crippen LogP contribution in [0.25, 0.3) is 0 Å². The molecule has 0 atom stereocenters. The monoisotopic (exact) mass is 409 g/mol. The number of nitrogens with zero attached hydrogens (tertiary/aromatic N) is 2. The number of likely N-dealkylation sites (tertiary alicyclic amines) is 1. The van der Waals surface area contributed by atoms with Crippen molar-refractivity contribution in [3.05, 3.63) is 77.2 Å². The first-order valence-corrected chi connectivity index (χ1v) is 9.91. The molecule has 30 heavy (non-hydrogen) atoms. The molecule has 2 aliphatic heterocycles. The first kappa shape index (κ1) is 20.1. The molecule has 156 valence electrons. The number of piperidine rings is 1. The van der Waals surface area contributed by atoms with E-state index in [1.807, 2.05) is 18.2 Å². The number of methoxy groups -OCH3 is 1. The molecule has 2 N–H and O–H groups in total. The van der Waals surface area contributed by atoms with Gasteiger partial charge in [-0.2, -0.15) is 0 Å². The Labute approximate surface area is 174 Å². The van der Waals surface area contributed by atoms with Crippen LogP contribution < -0.4 is 10.6 Å². The lowest BCUT2D eigenvalue weighted by Crippen LogP contribution is -2.56. The Morgan fingerprint density at radius 3 is 2.47 bits per heavy atom. The molecule has 0 aliphatic carbocycles. The summed E-state index contributed by atoms with van der Waals surface area (Å²) in [5, 5.41) is 0. The highest BCUT2D eigenvalue weighted by atomic mass is 19.1. The smallest absolute Gasteiger partial charge is 0.345 e. The molecule has 0 radical (unpaired) electrons. The first-order valence-electron chi connectivity index (χ1n) is 9.91. The summed E-state index contributed by atoms with van der Waals surface area (Å²) in [5.74, 6) is -1.76. The van der Waals surface area contributed by atoms with Crippen LogP contribution in [0.1, 0.15) is 18.4 Å². The molecular weight excluding hydrogens is 385 g/mol. The Morgan fingerprint density at radius 1 is 1.13 bits per heavy atom. The normalized spacial score (nSPS) is 18.9. The summed E-state index contributed by atoms with van der Waals surface area (Å²) in [6.07, 6.45) is 1.07. The topological polar surface area (TPSA) is 75.9 Å². The Hall–Kier alpha value is -3.19. The molecule has 2 aliphatic rings. The van der Waals surface area contributed by atoms with Crippen LogP contribution in [0.5, 0.6) is 0 Å². The van der Waals surface area contributed by atoms with Crippen LogP contribution >= 0.6 is 0 Å². The van der Waals surface area contributed by atoms with Gasteiger partial charge < -0.3 is 10.5 Å². The maximum absolute atomic E-state index is 13.9. The highest BCUT2D eigenvalue weighted by Gasteiger charge is 2.54. The maximum atomic E-state index is 13.9. The molecule has 2 aromatic rings. The highest BCUT2D eigenvalue weighted by Crippen LogP contribution is 2.44. The number of ether oxygens (including phenoxy) is 1. The molecule has 2 aromatic carbocycles. The number of anilines is 1. The molecule has 1 spiro atoms. The van der Waals surface area contributed by atoms with Crippen LogP contribution in [0.2, 0.25) is 0 Å². The average molecular weight is 409 g/mol. The number of carbonyl (C=O) groups excluding carboxylic acids is 2. The fourth-order valence-electron chi connectivity index (χ4n) is 4.47. The molecule has 2 heterocycles. The van der Waals surface area contributed by atoms with E-state index < -0.39 is 23.2 Å². The summed E-state index contributed by atoms with van der Waals surface area (Å²) < 4.78 is 18.8. The van der Waals surface area contributed by atoms with Crippen molar-refractivity contribution in [1.29, 1.82) is 0 Å². The Balaban J connectivity index is 1.66. The zero-order valence-corrected chi connectivity index (χ0v) is 16.8. The summed E-state index contributed by atoms with van der Waals surface area (Å²) in [4.78, 5) is 29.3. The zero-order chi connectivity index (χ0) is 21.3. The van der Waals surface area contributed by atoms with Gasteiger partial charge in [-0.05, 0) is 36.6 Å². The van der Waals surface area contributed by atoms with E-state index in [2.05, 4.69) is 17.0 Å². The van der Waals surface area contributed by atoms with Crippen LogP contribution in [0.4, 0.5) is 10.1 Å². The standard InChI is InChI=1S/C23H24FN3O3/c1-30-22(29)19-20(25)23(27(21(19)28)18-9-5-8-17(24)14-18)10-12-26(13-11-23)15-16-6-3-2-4-7-16/h2-9,14H,10-13,15,25H2,1H3. The van der Waals surface area contributed by atoms with Gasteiger partial charge in [0.15, 0.2) is 0 Å². The Morgan fingerprint density at radius 2 is 1.83 bits per heavy atom. The molecular formula is C23H24FN3O3. The van der Waals surface area contributed by atoms with E-state index in [1.54, 1.807) is 12.1 Å². The molecule has 0 unspecified atom stereocenters. The van der Waals surface area contributed by atoms with Gasteiger partial charge in [0, 0.05) is 25.3 Å². The highest BCUT2D eigenvalue weighted by molar-refractivity contribution is 6.26. The van der Waals surface area contributed by atoms with Gasteiger partial charge in [0.1, 0.15) is 11.4 Å². The fourth-order valence-corrected chi connectivity index (χ4v) is 4.47. The van der Waals surface area contributed by atoms with Gasteiger partial charge in [-0.3, -0.25) is 14.6 Å². The van der Waals surface area contributed by atoms with Crippen molar-refractivity contribution in [1.82, 2.24) is 4.90 Å². The molecule has 7 heteroatoms. The summed E-state index contributed by atoms with van der Waals surface area (Å²) in [6, 6.07) is 16.0. The predicted octanol–water partition coefficient (Wildman–Crippen LogP) is 2.59. The van der Waals surface area contributed by atoms with Gasteiger partial charge in [0.05, 0.1) is 18.3 Å². The lowest BCUT2D eigenvalue weighted by molar-refractivity contribution is -0.137. The summed E-state index contributed by atoms with van der Waals surface area (Å²) in [6.45, 7) is 2.16. The predicted molar refractivity (Wildman–Crippen MR) is 111 cm³/mol. The van der Waals surface area contributed by atoms with Crippen molar-refractivity contribution in [2.75, 3.05) is 25.1 Å². The van der Waals surface area contributed by atoms with E-state index in [0.29, 0.717) is 31.6 Å². The lowest BCUT2D eigenvalue weighted by Gasteiger charge is -2.45. The van der Waals surface area contributed by atoms with Gasteiger partial charge >= 0.3 is 5.97 Å². The minimum atomic E-state index is -0.873. The summed E-state index contributed by atoms with van der Waals surface area (Å²) in [7, 11) is 1.22. The van der Waals surface area contributed by atoms with Crippen molar-refractivity contribution in [2.45, 2.75) is 24.9 Å². The molecule has 4 rings (SSSR count). The van der Waals surface area contributed by atoms with Gasteiger partial charge in [0.25, 0.3) is 5.91 Å². The van der Waals surface area contributed by atoms with Crippen LogP contribution in [-0.2, 0) is 20.9 Å². The lowest BCUT2D eigenvalue weighted by atomic mass is 9.83. The third-order valence-corrected chi connectivity index (χ3v) is 6.00. The molecule has 0 bridgehead atoms. The molecule has 1 saturated heterocycles. The number of benzene rings is 2. The van der Waals surface area contributed by atoms with Crippen LogP contribution in [0.3, 0.4) is 0 Å². The van der Waals surface area contributed by atoms with Gasteiger partial charge in [0.2, 0.25) is 0 Å². The van der Waals surface area contributed by atoms with Crippen molar-refractivity contribution >= 4 is 17.6 Å². The molecule has 1 amide bonds. The van der Waals surface area contributed by atoms with E-state index in [4.69, 9.17) is 10.5 Å². The number of esters is 1. The fraction of sp³-hybridized carbons (Fsp3) is 0.304. The van der Waals surface area contributed by atoms with Gasteiger partial charge in [-0.25, -0.2) is 9.18 Å². The van der Waals surface area contributed by atoms with Crippen LogP contribution in [0.15, 0.2) is 65.9 Å². The minimum Gasteiger partial charge on any atom is -0.465 e. The van der Waals surface area contributed by atoms with Crippen LogP contribution in [0, 0.1) is 5.82 Å². The number of amides is 1. The SMILES string of the molecule is COC(=O)C1=C(N)C2(CCN(Cc3ccccc3)CC2)N(c2cccc(F)c2)C1=O. The second-order valence-corrected chi connectivity index (χ2v) is 7.69. The van der Waals surface area contributed by atoms with E-state index in [0.717, 1.165) is 6.54 Å². The quantitative estimate of drug-likeness (QED) is 0.621. The van der Waals surface area contributed by atoms with Gasteiger partial charge in [-0.15, -0.1) is 0 Å². The van der Waals surface area contributed by atoms with E-state index in [-0.39, 0.29) is 11.3 Å². The summed E-state index contributed by atoms with van der Waals surface area (Å²) >= 11 is 0. The van der Waals surface area contributed by atoms with E-state index in [9.17, 15) is 14.0 Å². The number of carbonyl (C=O) groups is 2. The maximum Gasteiger partial charge on any atom is 0.345 e. The zero-order valence-electron chi connectivity index (χ0n) is 16.8. The molecule has 1 fully saturated rings. The average Bonchev–Trinajstić information content (AvgIpc) is 2.96. The molecule has 6 nitrogen and oxygen atoms in total.